The summed E-state index contributed by atoms with van der Waals surface area (Å²) in [5.41, 5.74) is 2.86. The Morgan fingerprint density at radius 1 is 1.00 bits per heavy atom. The summed E-state index contributed by atoms with van der Waals surface area (Å²) in [5.74, 6) is 0.256. The van der Waals surface area contributed by atoms with E-state index in [1.807, 2.05) is 29.6 Å². The molecule has 0 bridgehead atoms. The molecule has 2 aromatic heterocycles. The first-order chi connectivity index (χ1) is 8.83. The second kappa shape index (κ2) is 4.58. The summed E-state index contributed by atoms with van der Waals surface area (Å²) in [7, 11) is 0. The van der Waals surface area contributed by atoms with Crippen LogP contribution >= 0.6 is 11.3 Å². The van der Waals surface area contributed by atoms with Crippen molar-refractivity contribution >= 4 is 11.3 Å². The third kappa shape index (κ3) is 2.10. The quantitative estimate of drug-likeness (QED) is 0.760. The Morgan fingerprint density at radius 3 is 2.61 bits per heavy atom. The van der Waals surface area contributed by atoms with Crippen molar-refractivity contribution in [3.05, 3.63) is 54.2 Å². The van der Waals surface area contributed by atoms with E-state index in [4.69, 9.17) is 0 Å². The largest absolute Gasteiger partial charge is 0.508 e. The first kappa shape index (κ1) is 10.9. The summed E-state index contributed by atoms with van der Waals surface area (Å²) in [6, 6.07) is 11.0. The van der Waals surface area contributed by atoms with Gasteiger partial charge in [-0.2, -0.15) is 0 Å². The molecule has 4 heteroatoms. The van der Waals surface area contributed by atoms with Gasteiger partial charge in [-0.05, 0) is 24.3 Å². The lowest BCUT2D eigenvalue weighted by Gasteiger charge is -1.97. The fourth-order valence-corrected chi connectivity index (χ4v) is 2.53. The van der Waals surface area contributed by atoms with Crippen molar-refractivity contribution in [3.8, 4) is 27.6 Å². The predicted octanol–water partition coefficient (Wildman–Crippen LogP) is 3.58. The number of pyridine rings is 1. The number of hydrogen-bond donors (Lipinski definition) is 1. The highest BCUT2D eigenvalue weighted by Crippen LogP contribution is 2.29. The van der Waals surface area contributed by atoms with E-state index in [2.05, 4.69) is 9.97 Å². The molecule has 0 saturated carbocycles. The molecule has 0 atom stereocenters. The maximum atomic E-state index is 9.47. The predicted molar refractivity (Wildman–Crippen MR) is 72.4 cm³/mol. The van der Waals surface area contributed by atoms with Crippen molar-refractivity contribution in [1.82, 2.24) is 9.97 Å². The Hall–Kier alpha value is -2.20. The summed E-state index contributed by atoms with van der Waals surface area (Å²) in [4.78, 5) is 8.56. The van der Waals surface area contributed by atoms with Crippen molar-refractivity contribution in [3.63, 3.8) is 0 Å². The monoisotopic (exact) mass is 254 g/mol. The molecular weight excluding hydrogens is 244 g/mol. The van der Waals surface area contributed by atoms with Crippen LogP contribution in [0.3, 0.4) is 0 Å². The molecule has 0 aliphatic carbocycles. The zero-order valence-corrected chi connectivity index (χ0v) is 10.3. The summed E-state index contributed by atoms with van der Waals surface area (Å²) in [6.07, 6.45) is 3.51. The Bertz CT molecular complexity index is 664. The molecule has 0 spiro atoms. The highest BCUT2D eigenvalue weighted by Gasteiger charge is 2.06. The second-order valence-electron chi connectivity index (χ2n) is 3.82. The van der Waals surface area contributed by atoms with Gasteiger partial charge in [0, 0.05) is 28.9 Å². The summed E-state index contributed by atoms with van der Waals surface area (Å²) >= 11 is 1.58. The van der Waals surface area contributed by atoms with E-state index in [0.717, 1.165) is 21.8 Å². The molecule has 1 aromatic carbocycles. The normalized spacial score (nSPS) is 10.4. The minimum absolute atomic E-state index is 0.256. The highest BCUT2D eigenvalue weighted by molar-refractivity contribution is 7.13. The van der Waals surface area contributed by atoms with Crippen molar-refractivity contribution in [2.45, 2.75) is 0 Å². The Kier molecular flexibility index (Phi) is 2.78. The SMILES string of the molecule is Oc1cccc(-c2csc(-c3ccncc3)n2)c1. The molecule has 3 nitrogen and oxygen atoms in total. The number of aromatic nitrogens is 2. The lowest BCUT2D eigenvalue weighted by atomic mass is 10.1. The zero-order valence-electron chi connectivity index (χ0n) is 9.45. The molecule has 18 heavy (non-hydrogen) atoms. The molecule has 0 aliphatic rings. The maximum absolute atomic E-state index is 9.47. The van der Waals surface area contributed by atoms with Gasteiger partial charge in [0.25, 0.3) is 0 Å². The molecule has 0 unspecified atom stereocenters. The van der Waals surface area contributed by atoms with E-state index in [9.17, 15) is 5.11 Å². The Labute approximate surface area is 108 Å². The maximum Gasteiger partial charge on any atom is 0.124 e. The Morgan fingerprint density at radius 2 is 1.83 bits per heavy atom. The van der Waals surface area contributed by atoms with Crippen LogP contribution in [0.25, 0.3) is 21.8 Å². The Balaban J connectivity index is 2.00. The van der Waals surface area contributed by atoms with Gasteiger partial charge in [0.05, 0.1) is 5.69 Å². The van der Waals surface area contributed by atoms with Gasteiger partial charge in [0.1, 0.15) is 10.8 Å². The third-order valence-electron chi connectivity index (χ3n) is 2.57. The molecule has 3 aromatic rings. The van der Waals surface area contributed by atoms with Gasteiger partial charge in [0.2, 0.25) is 0 Å². The molecule has 0 amide bonds. The van der Waals surface area contributed by atoms with Crippen LogP contribution in [-0.4, -0.2) is 15.1 Å². The number of aromatic hydroxyl groups is 1. The average Bonchev–Trinajstić information content (AvgIpc) is 2.89. The van der Waals surface area contributed by atoms with Crippen LogP contribution < -0.4 is 0 Å². The molecule has 0 fully saturated rings. The molecule has 3 rings (SSSR count). The lowest BCUT2D eigenvalue weighted by molar-refractivity contribution is 0.475. The number of benzene rings is 1. The van der Waals surface area contributed by atoms with Crippen molar-refractivity contribution < 1.29 is 5.11 Å². The van der Waals surface area contributed by atoms with Crippen molar-refractivity contribution in [2.24, 2.45) is 0 Å². The number of phenolic OH excluding ortho intramolecular Hbond substituents is 1. The summed E-state index contributed by atoms with van der Waals surface area (Å²) in [6.45, 7) is 0. The minimum Gasteiger partial charge on any atom is -0.508 e. The van der Waals surface area contributed by atoms with E-state index in [1.165, 1.54) is 0 Å². The average molecular weight is 254 g/mol. The highest BCUT2D eigenvalue weighted by atomic mass is 32.1. The third-order valence-corrected chi connectivity index (χ3v) is 3.46. The lowest BCUT2D eigenvalue weighted by Crippen LogP contribution is -1.79. The summed E-state index contributed by atoms with van der Waals surface area (Å²) < 4.78 is 0. The van der Waals surface area contributed by atoms with Crippen LogP contribution in [0.5, 0.6) is 5.75 Å². The van der Waals surface area contributed by atoms with E-state index in [0.29, 0.717) is 0 Å². The molecule has 0 saturated heterocycles. The second-order valence-corrected chi connectivity index (χ2v) is 4.68. The van der Waals surface area contributed by atoms with Gasteiger partial charge >= 0.3 is 0 Å². The van der Waals surface area contributed by atoms with E-state index in [-0.39, 0.29) is 5.75 Å². The van der Waals surface area contributed by atoms with Gasteiger partial charge in [-0.1, -0.05) is 12.1 Å². The van der Waals surface area contributed by atoms with Gasteiger partial charge in [0.15, 0.2) is 0 Å². The summed E-state index contributed by atoms with van der Waals surface area (Å²) in [5, 5.41) is 12.4. The van der Waals surface area contributed by atoms with Crippen LogP contribution in [0.15, 0.2) is 54.2 Å². The van der Waals surface area contributed by atoms with Crippen molar-refractivity contribution in [2.75, 3.05) is 0 Å². The first-order valence-electron chi connectivity index (χ1n) is 5.48. The molecule has 0 aliphatic heterocycles. The number of nitrogens with zero attached hydrogens (tertiary/aromatic N) is 2. The zero-order chi connectivity index (χ0) is 12.4. The fourth-order valence-electron chi connectivity index (χ4n) is 1.70. The van der Waals surface area contributed by atoms with Gasteiger partial charge in [-0.25, -0.2) is 4.98 Å². The molecule has 88 valence electrons. The van der Waals surface area contributed by atoms with Crippen LogP contribution in [-0.2, 0) is 0 Å². The van der Waals surface area contributed by atoms with Crippen molar-refractivity contribution in [1.29, 1.82) is 0 Å². The van der Waals surface area contributed by atoms with E-state index < -0.39 is 0 Å². The fraction of sp³-hybridized carbons (Fsp3) is 0. The molecule has 1 N–H and O–H groups in total. The van der Waals surface area contributed by atoms with Crippen LogP contribution in [0.2, 0.25) is 0 Å². The van der Waals surface area contributed by atoms with Crippen LogP contribution in [0.4, 0.5) is 0 Å². The van der Waals surface area contributed by atoms with Gasteiger partial charge < -0.3 is 5.11 Å². The topological polar surface area (TPSA) is 46.0 Å². The van der Waals surface area contributed by atoms with E-state index in [1.54, 1.807) is 35.9 Å². The van der Waals surface area contributed by atoms with Gasteiger partial charge in [-0.15, -0.1) is 11.3 Å². The minimum atomic E-state index is 0.256. The number of hydrogen-bond acceptors (Lipinski definition) is 4. The van der Waals surface area contributed by atoms with Crippen LogP contribution in [0.1, 0.15) is 0 Å². The van der Waals surface area contributed by atoms with E-state index >= 15 is 0 Å². The van der Waals surface area contributed by atoms with Gasteiger partial charge in [-0.3, -0.25) is 4.98 Å². The number of phenols is 1. The number of rotatable bonds is 2. The molecule has 0 radical (unpaired) electrons. The molecule has 2 heterocycles. The number of thiazole rings is 1. The molecular formula is C14H10N2OS. The standard InChI is InChI=1S/C14H10N2OS/c17-12-3-1-2-11(8-12)13-9-18-14(16-13)10-4-6-15-7-5-10/h1-9,17H. The first-order valence-corrected chi connectivity index (χ1v) is 6.36. The van der Waals surface area contributed by atoms with Crippen LogP contribution in [0, 0.1) is 0 Å². The smallest absolute Gasteiger partial charge is 0.124 e.